The lowest BCUT2D eigenvalue weighted by molar-refractivity contribution is -0.130. The maximum atomic E-state index is 12.4. The molecule has 2 N–H and O–H groups in total. The van der Waals surface area contributed by atoms with E-state index in [2.05, 4.69) is 5.32 Å². The molecule has 6 nitrogen and oxygen atoms in total. The number of hydrogen-bond acceptors (Lipinski definition) is 3. The van der Waals surface area contributed by atoms with Crippen LogP contribution in [0.25, 0.3) is 0 Å². The Hall–Kier alpha value is -3.15. The number of aryl methyl sites for hydroxylation is 2. The topological polar surface area (TPSA) is 86.7 Å². The number of benzene rings is 2. The van der Waals surface area contributed by atoms with Crippen molar-refractivity contribution in [2.24, 2.45) is 0 Å². The lowest BCUT2D eigenvalue weighted by Gasteiger charge is -2.17. The first-order valence-electron chi connectivity index (χ1n) is 9.94. The van der Waals surface area contributed by atoms with Crippen LogP contribution in [0.1, 0.15) is 40.7 Å². The lowest BCUT2D eigenvalue weighted by Crippen LogP contribution is -2.38. The molecule has 1 aliphatic rings. The van der Waals surface area contributed by atoms with Crippen molar-refractivity contribution in [2.75, 3.05) is 13.1 Å². The molecule has 0 saturated carbocycles. The third-order valence-electron chi connectivity index (χ3n) is 5.22. The molecule has 0 aliphatic carbocycles. The standard InChI is InChI=1S/C23H26N2O4/c26-21(12-8-18-6-10-19(11-7-18)23(28)29)24-20-14-15-25(16-20)22(27)13-9-17-4-2-1-3-5-17/h1-7,10-11,20H,8-9,12-16H2,(H,24,26)(H,28,29). The third-order valence-corrected chi connectivity index (χ3v) is 5.22. The second-order valence-corrected chi connectivity index (χ2v) is 7.38. The zero-order chi connectivity index (χ0) is 20.6. The second-order valence-electron chi connectivity index (χ2n) is 7.38. The van der Waals surface area contributed by atoms with Crippen LogP contribution in [-0.4, -0.2) is 46.9 Å². The van der Waals surface area contributed by atoms with Crippen LogP contribution < -0.4 is 5.32 Å². The Balaban J connectivity index is 1.38. The van der Waals surface area contributed by atoms with Crippen molar-refractivity contribution in [3.05, 3.63) is 71.3 Å². The SMILES string of the molecule is O=C(CCc1ccc(C(=O)O)cc1)NC1CCN(C(=O)CCc2ccccc2)C1. The summed E-state index contributed by atoms with van der Waals surface area (Å²) in [7, 11) is 0. The number of amides is 2. The minimum atomic E-state index is -0.960. The fraction of sp³-hybridized carbons (Fsp3) is 0.348. The zero-order valence-electron chi connectivity index (χ0n) is 16.3. The number of carboxylic acids is 1. The van der Waals surface area contributed by atoms with Crippen LogP contribution in [-0.2, 0) is 22.4 Å². The number of carbonyl (C=O) groups is 3. The Kier molecular flexibility index (Phi) is 7.00. The van der Waals surface area contributed by atoms with Crippen molar-refractivity contribution in [1.29, 1.82) is 0 Å². The van der Waals surface area contributed by atoms with Gasteiger partial charge in [0.2, 0.25) is 11.8 Å². The molecular weight excluding hydrogens is 368 g/mol. The Labute approximate surface area is 170 Å². The molecule has 2 aromatic rings. The largest absolute Gasteiger partial charge is 0.478 e. The van der Waals surface area contributed by atoms with E-state index in [9.17, 15) is 14.4 Å². The molecule has 1 heterocycles. The number of nitrogens with zero attached hydrogens (tertiary/aromatic N) is 1. The Bertz CT molecular complexity index is 849. The van der Waals surface area contributed by atoms with Crippen molar-refractivity contribution in [1.82, 2.24) is 10.2 Å². The molecular formula is C23H26N2O4. The average Bonchev–Trinajstić information content (AvgIpc) is 3.20. The summed E-state index contributed by atoms with van der Waals surface area (Å²) in [6, 6.07) is 16.5. The number of nitrogens with one attached hydrogen (secondary N) is 1. The molecule has 1 fully saturated rings. The molecule has 1 atom stereocenters. The highest BCUT2D eigenvalue weighted by atomic mass is 16.4. The minimum Gasteiger partial charge on any atom is -0.478 e. The van der Waals surface area contributed by atoms with Crippen molar-refractivity contribution in [2.45, 2.75) is 38.1 Å². The van der Waals surface area contributed by atoms with Gasteiger partial charge < -0.3 is 15.3 Å². The first-order chi connectivity index (χ1) is 14.0. The Morgan fingerprint density at radius 1 is 0.931 bits per heavy atom. The molecule has 0 spiro atoms. The van der Waals surface area contributed by atoms with Crippen LogP contribution in [0.2, 0.25) is 0 Å². The van der Waals surface area contributed by atoms with Gasteiger partial charge in [-0.15, -0.1) is 0 Å². The van der Waals surface area contributed by atoms with Gasteiger partial charge in [-0.3, -0.25) is 9.59 Å². The number of hydrogen-bond donors (Lipinski definition) is 2. The van der Waals surface area contributed by atoms with Crippen molar-refractivity contribution in [3.8, 4) is 0 Å². The molecule has 2 amide bonds. The van der Waals surface area contributed by atoms with Gasteiger partial charge in [0.25, 0.3) is 0 Å². The number of carboxylic acid groups (broad SMARTS) is 1. The molecule has 1 unspecified atom stereocenters. The highest BCUT2D eigenvalue weighted by molar-refractivity contribution is 5.87. The fourth-order valence-corrected chi connectivity index (χ4v) is 3.53. The summed E-state index contributed by atoms with van der Waals surface area (Å²) in [5.74, 6) is -0.876. The Morgan fingerprint density at radius 2 is 1.59 bits per heavy atom. The Morgan fingerprint density at radius 3 is 2.28 bits per heavy atom. The number of likely N-dealkylation sites (tertiary alicyclic amines) is 1. The van der Waals surface area contributed by atoms with E-state index in [1.54, 1.807) is 24.3 Å². The molecule has 6 heteroatoms. The van der Waals surface area contributed by atoms with Gasteiger partial charge in [-0.1, -0.05) is 42.5 Å². The fourth-order valence-electron chi connectivity index (χ4n) is 3.53. The van der Waals surface area contributed by atoms with E-state index in [0.717, 1.165) is 24.0 Å². The van der Waals surface area contributed by atoms with Crippen LogP contribution in [0.15, 0.2) is 54.6 Å². The molecule has 2 aromatic carbocycles. The molecule has 3 rings (SSSR count). The van der Waals surface area contributed by atoms with E-state index < -0.39 is 5.97 Å². The molecule has 1 aliphatic heterocycles. The van der Waals surface area contributed by atoms with Gasteiger partial charge in [0.15, 0.2) is 0 Å². The van der Waals surface area contributed by atoms with E-state index in [1.807, 2.05) is 35.2 Å². The first-order valence-corrected chi connectivity index (χ1v) is 9.94. The predicted octanol–water partition coefficient (Wildman–Crippen LogP) is 2.67. The number of rotatable bonds is 8. The summed E-state index contributed by atoms with van der Waals surface area (Å²) >= 11 is 0. The maximum absolute atomic E-state index is 12.4. The number of carbonyl (C=O) groups excluding carboxylic acids is 2. The van der Waals surface area contributed by atoms with Crippen molar-refractivity contribution >= 4 is 17.8 Å². The molecule has 1 saturated heterocycles. The summed E-state index contributed by atoms with van der Waals surface area (Å²) in [5.41, 5.74) is 2.32. The normalized spacial score (nSPS) is 15.9. The van der Waals surface area contributed by atoms with Gasteiger partial charge in [-0.25, -0.2) is 4.79 Å². The lowest BCUT2D eigenvalue weighted by atomic mass is 10.1. The van der Waals surface area contributed by atoms with Gasteiger partial charge >= 0.3 is 5.97 Å². The average molecular weight is 394 g/mol. The highest BCUT2D eigenvalue weighted by Crippen LogP contribution is 2.13. The maximum Gasteiger partial charge on any atom is 0.335 e. The second kappa shape index (κ2) is 9.87. The smallest absolute Gasteiger partial charge is 0.335 e. The van der Waals surface area contributed by atoms with Crippen LogP contribution in [0.4, 0.5) is 0 Å². The summed E-state index contributed by atoms with van der Waals surface area (Å²) in [6.07, 6.45) is 2.88. The molecule has 0 aromatic heterocycles. The van der Waals surface area contributed by atoms with Gasteiger partial charge in [0.1, 0.15) is 0 Å². The van der Waals surface area contributed by atoms with Crippen LogP contribution >= 0.6 is 0 Å². The third kappa shape index (κ3) is 6.17. The summed E-state index contributed by atoms with van der Waals surface area (Å²) in [6.45, 7) is 1.24. The van der Waals surface area contributed by atoms with Crippen LogP contribution in [0.5, 0.6) is 0 Å². The summed E-state index contributed by atoms with van der Waals surface area (Å²) < 4.78 is 0. The zero-order valence-corrected chi connectivity index (χ0v) is 16.3. The quantitative estimate of drug-likeness (QED) is 0.721. The number of aromatic carboxylic acids is 1. The van der Waals surface area contributed by atoms with E-state index in [4.69, 9.17) is 5.11 Å². The van der Waals surface area contributed by atoms with E-state index in [1.165, 1.54) is 0 Å². The van der Waals surface area contributed by atoms with Gasteiger partial charge in [0, 0.05) is 32.0 Å². The predicted molar refractivity (Wildman–Crippen MR) is 110 cm³/mol. The van der Waals surface area contributed by atoms with E-state index in [-0.39, 0.29) is 23.4 Å². The van der Waals surface area contributed by atoms with Gasteiger partial charge in [-0.2, -0.15) is 0 Å². The van der Waals surface area contributed by atoms with Crippen LogP contribution in [0.3, 0.4) is 0 Å². The summed E-state index contributed by atoms with van der Waals surface area (Å²) in [5, 5.41) is 11.9. The minimum absolute atomic E-state index is 0.00226. The van der Waals surface area contributed by atoms with Gasteiger partial charge in [-0.05, 0) is 42.5 Å². The van der Waals surface area contributed by atoms with E-state index in [0.29, 0.717) is 32.4 Å². The van der Waals surface area contributed by atoms with Crippen LogP contribution in [0, 0.1) is 0 Å². The molecule has 0 bridgehead atoms. The summed E-state index contributed by atoms with van der Waals surface area (Å²) in [4.78, 5) is 37.3. The van der Waals surface area contributed by atoms with Gasteiger partial charge in [0.05, 0.1) is 5.56 Å². The van der Waals surface area contributed by atoms with Crippen molar-refractivity contribution < 1.29 is 19.5 Å². The monoisotopic (exact) mass is 394 g/mol. The molecule has 0 radical (unpaired) electrons. The van der Waals surface area contributed by atoms with E-state index >= 15 is 0 Å². The highest BCUT2D eigenvalue weighted by Gasteiger charge is 2.26. The molecule has 29 heavy (non-hydrogen) atoms. The molecule has 152 valence electrons. The van der Waals surface area contributed by atoms with Crippen molar-refractivity contribution in [3.63, 3.8) is 0 Å². The first kappa shape index (κ1) is 20.6.